The molecule has 4 aromatic rings. The summed E-state index contributed by atoms with van der Waals surface area (Å²) in [5.41, 5.74) is 7.51. The van der Waals surface area contributed by atoms with Crippen LogP contribution in [0.3, 0.4) is 0 Å². The fraction of sp³-hybridized carbons (Fsp3) is 0.0526. The molecule has 1 amide bonds. The van der Waals surface area contributed by atoms with E-state index in [0.29, 0.717) is 28.2 Å². The molecule has 0 aliphatic heterocycles. The van der Waals surface area contributed by atoms with Crippen LogP contribution < -0.4 is 11.1 Å². The average Bonchev–Trinajstić information content (AvgIpc) is 3.13. The lowest BCUT2D eigenvalue weighted by Gasteiger charge is -2.09. The zero-order valence-corrected chi connectivity index (χ0v) is 14.7. The maximum Gasteiger partial charge on any atom is 0.416 e. The van der Waals surface area contributed by atoms with Gasteiger partial charge < -0.3 is 11.1 Å². The summed E-state index contributed by atoms with van der Waals surface area (Å²) in [6, 6.07) is 10.8. The zero-order valence-electron chi connectivity index (χ0n) is 14.7. The Balaban J connectivity index is 1.53. The first-order valence-corrected chi connectivity index (χ1v) is 8.36. The van der Waals surface area contributed by atoms with Gasteiger partial charge in [0.2, 0.25) is 0 Å². The molecule has 0 saturated carbocycles. The molecule has 4 N–H and O–H groups in total. The highest BCUT2D eigenvalue weighted by Crippen LogP contribution is 2.30. The van der Waals surface area contributed by atoms with Crippen molar-refractivity contribution in [2.45, 2.75) is 6.18 Å². The molecule has 2 aromatic heterocycles. The van der Waals surface area contributed by atoms with E-state index in [1.165, 1.54) is 6.33 Å². The maximum absolute atomic E-state index is 12.6. The van der Waals surface area contributed by atoms with E-state index in [9.17, 15) is 18.0 Å². The Hall–Kier alpha value is -3.95. The van der Waals surface area contributed by atoms with Gasteiger partial charge in [0.1, 0.15) is 12.1 Å². The third kappa shape index (κ3) is 3.59. The summed E-state index contributed by atoms with van der Waals surface area (Å²) >= 11 is 0. The van der Waals surface area contributed by atoms with Gasteiger partial charge in [-0.05, 0) is 36.4 Å². The highest BCUT2D eigenvalue weighted by Gasteiger charge is 2.30. The highest BCUT2D eigenvalue weighted by atomic mass is 19.4. The van der Waals surface area contributed by atoms with Crippen molar-refractivity contribution in [1.29, 1.82) is 0 Å². The second-order valence-corrected chi connectivity index (χ2v) is 6.16. The predicted molar refractivity (Wildman–Crippen MR) is 101 cm³/mol. The van der Waals surface area contributed by atoms with Gasteiger partial charge in [-0.25, -0.2) is 9.97 Å². The molecule has 7 nitrogen and oxygen atoms in total. The molecular formula is C19H13F3N6O. The van der Waals surface area contributed by atoms with Crippen molar-refractivity contribution in [2.75, 3.05) is 11.1 Å². The largest absolute Gasteiger partial charge is 0.416 e. The van der Waals surface area contributed by atoms with E-state index >= 15 is 0 Å². The van der Waals surface area contributed by atoms with Crippen molar-refractivity contribution < 1.29 is 18.0 Å². The third-order valence-electron chi connectivity index (χ3n) is 4.29. The van der Waals surface area contributed by atoms with Crippen molar-refractivity contribution in [1.82, 2.24) is 20.2 Å². The van der Waals surface area contributed by atoms with Crippen LogP contribution in [-0.4, -0.2) is 26.1 Å². The van der Waals surface area contributed by atoms with E-state index in [2.05, 4.69) is 25.5 Å². The number of aromatic amines is 1. The smallest absolute Gasteiger partial charge is 0.383 e. The van der Waals surface area contributed by atoms with Gasteiger partial charge in [-0.3, -0.25) is 9.89 Å². The van der Waals surface area contributed by atoms with Crippen molar-refractivity contribution in [3.63, 3.8) is 0 Å². The van der Waals surface area contributed by atoms with E-state index < -0.39 is 17.6 Å². The molecule has 2 heterocycles. The Morgan fingerprint density at radius 2 is 1.69 bits per heavy atom. The van der Waals surface area contributed by atoms with Gasteiger partial charge >= 0.3 is 6.18 Å². The second-order valence-electron chi connectivity index (χ2n) is 6.16. The molecule has 0 bridgehead atoms. The number of halogens is 3. The number of anilines is 2. The highest BCUT2D eigenvalue weighted by molar-refractivity contribution is 6.04. The Morgan fingerprint density at radius 3 is 2.34 bits per heavy atom. The fourth-order valence-electron chi connectivity index (χ4n) is 2.82. The van der Waals surface area contributed by atoms with Crippen LogP contribution in [0.1, 0.15) is 15.9 Å². The van der Waals surface area contributed by atoms with Gasteiger partial charge in [-0.1, -0.05) is 12.1 Å². The first-order chi connectivity index (χ1) is 13.8. The summed E-state index contributed by atoms with van der Waals surface area (Å²) in [4.78, 5) is 20.3. The van der Waals surface area contributed by atoms with E-state index in [1.54, 1.807) is 24.3 Å². The lowest BCUT2D eigenvalue weighted by molar-refractivity contribution is -0.137. The Kier molecular flexibility index (Phi) is 4.38. The molecule has 146 valence electrons. The number of amides is 1. The first-order valence-electron chi connectivity index (χ1n) is 8.36. The van der Waals surface area contributed by atoms with Crippen LogP contribution >= 0.6 is 0 Å². The summed E-state index contributed by atoms with van der Waals surface area (Å²) in [6.07, 6.45) is -3.13. The number of benzene rings is 2. The van der Waals surface area contributed by atoms with Gasteiger partial charge in [0, 0.05) is 16.8 Å². The molecule has 0 unspecified atom stereocenters. The number of hydrogen-bond acceptors (Lipinski definition) is 5. The van der Waals surface area contributed by atoms with Gasteiger partial charge in [0.25, 0.3) is 5.91 Å². The molecule has 0 atom stereocenters. The number of nitrogen functional groups attached to an aromatic ring is 1. The molecule has 0 radical (unpaired) electrons. The predicted octanol–water partition coefficient (Wildman–Crippen LogP) is 3.87. The zero-order chi connectivity index (χ0) is 20.6. The minimum atomic E-state index is -4.45. The number of carbonyl (C=O) groups is 1. The van der Waals surface area contributed by atoms with Crippen LogP contribution in [0, 0.1) is 0 Å². The molecule has 0 fully saturated rings. The Morgan fingerprint density at radius 1 is 1.00 bits per heavy atom. The number of H-pyrrole nitrogens is 1. The summed E-state index contributed by atoms with van der Waals surface area (Å²) in [6.45, 7) is 0. The van der Waals surface area contributed by atoms with Crippen molar-refractivity contribution >= 4 is 28.4 Å². The number of nitrogens with two attached hydrogens (primary N) is 1. The molecule has 0 aliphatic rings. The van der Waals surface area contributed by atoms with E-state index in [4.69, 9.17) is 5.73 Å². The summed E-state index contributed by atoms with van der Waals surface area (Å²) in [5.74, 6) is -0.227. The normalized spacial score (nSPS) is 11.6. The summed E-state index contributed by atoms with van der Waals surface area (Å²) in [7, 11) is 0. The molecule has 10 heteroatoms. The first kappa shape index (κ1) is 18.4. The standard InChI is InChI=1S/C19H13F3N6O/c20-19(21,22)12-5-1-11(2-6-12)18(29)26-13-7-3-10(4-8-13)15-14-16(23)24-9-25-17(14)28-27-15/h1-9H,(H,26,29)(H3,23,24,25,27,28). The fourth-order valence-corrected chi connectivity index (χ4v) is 2.82. The molecule has 2 aromatic carbocycles. The van der Waals surface area contributed by atoms with Crippen LogP contribution in [0.15, 0.2) is 54.9 Å². The van der Waals surface area contributed by atoms with E-state index in [1.807, 2.05) is 0 Å². The molecule has 0 saturated heterocycles. The van der Waals surface area contributed by atoms with Gasteiger partial charge in [0.15, 0.2) is 5.65 Å². The lowest BCUT2D eigenvalue weighted by atomic mass is 10.1. The van der Waals surface area contributed by atoms with Gasteiger partial charge in [-0.15, -0.1) is 0 Å². The number of carbonyl (C=O) groups excluding carboxylic acids is 1. The minimum absolute atomic E-state index is 0.117. The average molecular weight is 398 g/mol. The number of rotatable bonds is 3. The number of alkyl halides is 3. The summed E-state index contributed by atoms with van der Waals surface area (Å²) < 4.78 is 37.9. The Bertz CT molecular complexity index is 1180. The molecule has 0 spiro atoms. The third-order valence-corrected chi connectivity index (χ3v) is 4.29. The van der Waals surface area contributed by atoms with Crippen molar-refractivity contribution in [3.8, 4) is 11.3 Å². The maximum atomic E-state index is 12.6. The van der Waals surface area contributed by atoms with Crippen molar-refractivity contribution in [3.05, 3.63) is 66.0 Å². The molecule has 4 rings (SSSR count). The molecular weight excluding hydrogens is 385 g/mol. The second kappa shape index (κ2) is 6.89. The Labute approximate surface area is 161 Å². The number of hydrogen-bond donors (Lipinski definition) is 3. The van der Waals surface area contributed by atoms with E-state index in [-0.39, 0.29) is 5.56 Å². The number of aromatic nitrogens is 4. The number of nitrogens with zero attached hydrogens (tertiary/aromatic N) is 3. The van der Waals surface area contributed by atoms with E-state index in [0.717, 1.165) is 29.8 Å². The minimum Gasteiger partial charge on any atom is -0.383 e. The van der Waals surface area contributed by atoms with Crippen LogP contribution in [0.25, 0.3) is 22.3 Å². The van der Waals surface area contributed by atoms with Crippen LogP contribution in [0.4, 0.5) is 24.7 Å². The lowest BCUT2D eigenvalue weighted by Crippen LogP contribution is -2.12. The number of fused-ring (bicyclic) bond motifs is 1. The van der Waals surface area contributed by atoms with Crippen LogP contribution in [0.2, 0.25) is 0 Å². The number of nitrogens with one attached hydrogen (secondary N) is 2. The summed E-state index contributed by atoms with van der Waals surface area (Å²) in [5, 5.41) is 10.2. The van der Waals surface area contributed by atoms with Crippen LogP contribution in [-0.2, 0) is 6.18 Å². The monoisotopic (exact) mass is 398 g/mol. The van der Waals surface area contributed by atoms with Crippen LogP contribution in [0.5, 0.6) is 0 Å². The quantitative estimate of drug-likeness (QED) is 0.485. The molecule has 0 aliphatic carbocycles. The van der Waals surface area contributed by atoms with Gasteiger partial charge in [-0.2, -0.15) is 18.3 Å². The van der Waals surface area contributed by atoms with Gasteiger partial charge in [0.05, 0.1) is 16.6 Å². The molecule has 29 heavy (non-hydrogen) atoms. The van der Waals surface area contributed by atoms with Crippen molar-refractivity contribution in [2.24, 2.45) is 0 Å². The SMILES string of the molecule is Nc1ncnc2n[nH]c(-c3ccc(NC(=O)c4ccc(C(F)(F)F)cc4)cc3)c12. The topological polar surface area (TPSA) is 110 Å².